The number of benzene rings is 3. The summed E-state index contributed by atoms with van der Waals surface area (Å²) >= 11 is 3.13. The van der Waals surface area contributed by atoms with Crippen LogP contribution in [0.5, 0.6) is 0 Å². The Morgan fingerprint density at radius 3 is 2.43 bits per heavy atom. The lowest BCUT2D eigenvalue weighted by atomic mass is 10.0. The summed E-state index contributed by atoms with van der Waals surface area (Å²) in [6.45, 7) is 4.72. The third-order valence-corrected chi connectivity index (χ3v) is 8.58. The lowest BCUT2D eigenvalue weighted by Gasteiger charge is -2.12. The smallest absolute Gasteiger partial charge is 0.331 e. The number of hydrogen-bond acceptors (Lipinski definition) is 5. The van der Waals surface area contributed by atoms with Gasteiger partial charge >= 0.3 is 5.69 Å². The molecular weight excluding hydrogens is 474 g/mol. The van der Waals surface area contributed by atoms with Gasteiger partial charge in [0, 0.05) is 40.4 Å². The quantitative estimate of drug-likeness (QED) is 0.294. The molecule has 0 aliphatic carbocycles. The second-order valence-corrected chi connectivity index (χ2v) is 11.3. The van der Waals surface area contributed by atoms with E-state index in [1.165, 1.54) is 20.9 Å². The van der Waals surface area contributed by atoms with Gasteiger partial charge in [-0.05, 0) is 46.5 Å². The van der Waals surface area contributed by atoms with Gasteiger partial charge in [-0.25, -0.2) is 4.79 Å². The lowest BCUT2D eigenvalue weighted by molar-refractivity contribution is 0.504. The van der Waals surface area contributed by atoms with Gasteiger partial charge in [0.15, 0.2) is 0 Å². The molecule has 0 unspecified atom stereocenters. The molecule has 5 nitrogen and oxygen atoms in total. The summed E-state index contributed by atoms with van der Waals surface area (Å²) in [7, 11) is 1.57. The van der Waals surface area contributed by atoms with Crippen LogP contribution in [0, 0.1) is 5.92 Å². The molecule has 178 valence electrons. The summed E-state index contributed by atoms with van der Waals surface area (Å²) in [5, 5.41) is 3.00. The maximum absolute atomic E-state index is 13.5. The Morgan fingerprint density at radius 2 is 1.69 bits per heavy atom. The molecule has 35 heavy (non-hydrogen) atoms. The van der Waals surface area contributed by atoms with Crippen LogP contribution in [0.1, 0.15) is 24.3 Å². The highest BCUT2D eigenvalue weighted by Crippen LogP contribution is 2.41. The van der Waals surface area contributed by atoms with E-state index in [-0.39, 0.29) is 17.2 Å². The average Bonchev–Trinajstić information content (AvgIpc) is 3.19. The molecule has 0 bridgehead atoms. The lowest BCUT2D eigenvalue weighted by Crippen LogP contribution is -2.38. The van der Waals surface area contributed by atoms with Crippen molar-refractivity contribution in [3.8, 4) is 0 Å². The molecule has 2 aromatic heterocycles. The van der Waals surface area contributed by atoms with Crippen molar-refractivity contribution in [2.45, 2.75) is 36.6 Å². The fourth-order valence-electron chi connectivity index (χ4n) is 4.38. The summed E-state index contributed by atoms with van der Waals surface area (Å²) in [5.41, 5.74) is 7.29. The molecule has 2 heterocycles. The fourth-order valence-corrected chi connectivity index (χ4v) is 6.88. The molecule has 0 spiro atoms. The van der Waals surface area contributed by atoms with Gasteiger partial charge in [-0.3, -0.25) is 13.9 Å². The monoisotopic (exact) mass is 501 g/mol. The van der Waals surface area contributed by atoms with Crippen molar-refractivity contribution in [3.05, 3.63) is 98.0 Å². The van der Waals surface area contributed by atoms with Crippen LogP contribution in [0.15, 0.2) is 86.1 Å². The van der Waals surface area contributed by atoms with Gasteiger partial charge in [-0.2, -0.15) is 0 Å². The standard InChI is InChI=1S/C28H27N3O2S2/c1-17(2)16-31-27-24(26(32)30(3)28(31)33)25(34-21-13-11-20(29)12-14-21)23(35-27)15-19-9-6-8-18-7-4-5-10-22(18)19/h4-14,17H,15-16,29H2,1-3H3. The van der Waals surface area contributed by atoms with Crippen molar-refractivity contribution in [1.82, 2.24) is 9.13 Å². The van der Waals surface area contributed by atoms with E-state index in [0.29, 0.717) is 24.0 Å². The number of nitrogens with zero attached hydrogens (tertiary/aromatic N) is 2. The number of fused-ring (bicyclic) bond motifs is 2. The largest absolute Gasteiger partial charge is 0.399 e. The van der Waals surface area contributed by atoms with Crippen LogP contribution in [0.4, 0.5) is 5.69 Å². The maximum atomic E-state index is 13.5. The van der Waals surface area contributed by atoms with E-state index >= 15 is 0 Å². The zero-order valence-electron chi connectivity index (χ0n) is 19.9. The first-order valence-electron chi connectivity index (χ1n) is 11.6. The Labute approximate surface area is 211 Å². The molecule has 0 saturated heterocycles. The highest BCUT2D eigenvalue weighted by atomic mass is 32.2. The predicted octanol–water partition coefficient (Wildman–Crippen LogP) is 5.90. The summed E-state index contributed by atoms with van der Waals surface area (Å²) in [4.78, 5) is 30.3. The van der Waals surface area contributed by atoms with Crippen LogP contribution in [-0.2, 0) is 20.0 Å². The molecule has 0 fully saturated rings. The number of rotatable bonds is 6. The number of anilines is 1. The van der Waals surface area contributed by atoms with E-state index in [0.717, 1.165) is 19.5 Å². The predicted molar refractivity (Wildman–Crippen MR) is 148 cm³/mol. The molecular formula is C28H27N3O2S2. The second-order valence-electron chi connectivity index (χ2n) is 9.17. The van der Waals surface area contributed by atoms with E-state index in [1.54, 1.807) is 34.7 Å². The first-order chi connectivity index (χ1) is 16.8. The normalized spacial score (nSPS) is 11.7. The Bertz CT molecular complexity index is 1660. The van der Waals surface area contributed by atoms with Crippen molar-refractivity contribution in [3.63, 3.8) is 0 Å². The van der Waals surface area contributed by atoms with Crippen molar-refractivity contribution in [2.24, 2.45) is 13.0 Å². The molecule has 5 aromatic rings. The van der Waals surface area contributed by atoms with Crippen molar-refractivity contribution in [1.29, 1.82) is 0 Å². The minimum Gasteiger partial charge on any atom is -0.399 e. The molecule has 0 aliphatic rings. The average molecular weight is 502 g/mol. The summed E-state index contributed by atoms with van der Waals surface area (Å²) in [5.74, 6) is 0.269. The minimum atomic E-state index is -0.266. The number of nitrogens with two attached hydrogens (primary N) is 1. The van der Waals surface area contributed by atoms with E-state index in [1.807, 2.05) is 30.3 Å². The molecule has 7 heteroatoms. The summed E-state index contributed by atoms with van der Waals surface area (Å²) in [6, 6.07) is 22.4. The molecule has 3 aromatic carbocycles. The first kappa shape index (κ1) is 23.5. The van der Waals surface area contributed by atoms with Crippen LogP contribution in [-0.4, -0.2) is 9.13 Å². The van der Waals surface area contributed by atoms with Gasteiger partial charge in [-0.1, -0.05) is 68.1 Å². The molecule has 0 radical (unpaired) electrons. The van der Waals surface area contributed by atoms with Gasteiger partial charge < -0.3 is 5.73 Å². The van der Waals surface area contributed by atoms with Crippen LogP contribution >= 0.6 is 23.1 Å². The SMILES string of the molecule is CC(C)Cn1c(=O)n(C)c(=O)c2c(Sc3ccc(N)cc3)c(Cc3cccc4ccccc34)sc21. The summed E-state index contributed by atoms with van der Waals surface area (Å²) < 4.78 is 3.01. The Morgan fingerprint density at radius 1 is 0.971 bits per heavy atom. The highest BCUT2D eigenvalue weighted by Gasteiger charge is 2.23. The van der Waals surface area contributed by atoms with E-state index < -0.39 is 0 Å². The van der Waals surface area contributed by atoms with Crippen molar-refractivity contribution in [2.75, 3.05) is 5.73 Å². The fraction of sp³-hybridized carbons (Fsp3) is 0.214. The van der Waals surface area contributed by atoms with Crippen molar-refractivity contribution < 1.29 is 0 Å². The maximum Gasteiger partial charge on any atom is 0.331 e. The topological polar surface area (TPSA) is 70.0 Å². The van der Waals surface area contributed by atoms with Crippen LogP contribution < -0.4 is 17.0 Å². The third kappa shape index (κ3) is 4.42. The minimum absolute atomic E-state index is 0.247. The Kier molecular flexibility index (Phi) is 6.30. The van der Waals surface area contributed by atoms with E-state index in [2.05, 4.69) is 50.2 Å². The van der Waals surface area contributed by atoms with Gasteiger partial charge in [0.1, 0.15) is 4.83 Å². The van der Waals surface area contributed by atoms with Gasteiger partial charge in [0.25, 0.3) is 5.56 Å². The molecule has 5 rings (SSSR count). The van der Waals surface area contributed by atoms with Gasteiger partial charge in [-0.15, -0.1) is 11.3 Å². The van der Waals surface area contributed by atoms with E-state index in [4.69, 9.17) is 5.73 Å². The van der Waals surface area contributed by atoms with Gasteiger partial charge in [0.05, 0.1) is 5.39 Å². The Balaban J connectivity index is 1.77. The molecule has 0 aliphatic heterocycles. The molecule has 0 amide bonds. The molecule has 0 saturated carbocycles. The highest BCUT2D eigenvalue weighted by molar-refractivity contribution is 7.99. The van der Waals surface area contributed by atoms with Crippen LogP contribution in [0.3, 0.4) is 0 Å². The van der Waals surface area contributed by atoms with Gasteiger partial charge in [0.2, 0.25) is 0 Å². The second kappa shape index (κ2) is 9.40. The van der Waals surface area contributed by atoms with Crippen LogP contribution in [0.25, 0.3) is 21.0 Å². The Hall–Kier alpha value is -3.29. The first-order valence-corrected chi connectivity index (χ1v) is 13.2. The number of aromatic nitrogens is 2. The van der Waals surface area contributed by atoms with Crippen molar-refractivity contribution >= 4 is 49.8 Å². The zero-order valence-corrected chi connectivity index (χ0v) is 21.6. The van der Waals surface area contributed by atoms with E-state index in [9.17, 15) is 9.59 Å². The van der Waals surface area contributed by atoms with Crippen LogP contribution in [0.2, 0.25) is 0 Å². The molecule has 0 atom stereocenters. The number of nitrogen functional groups attached to an aromatic ring is 1. The number of thiophene rings is 1. The third-order valence-electron chi connectivity index (χ3n) is 6.07. The molecule has 2 N–H and O–H groups in total. The summed E-state index contributed by atoms with van der Waals surface area (Å²) in [6.07, 6.45) is 0.678. The number of hydrogen-bond donors (Lipinski definition) is 1. The zero-order chi connectivity index (χ0) is 24.7.